The predicted molar refractivity (Wildman–Crippen MR) is 62.1 cm³/mol. The average molecular weight is 246 g/mol. The number of nitrogens with zero attached hydrogens (tertiary/aromatic N) is 2. The quantitative estimate of drug-likeness (QED) is 0.713. The van der Waals surface area contributed by atoms with Gasteiger partial charge in [0, 0.05) is 12.8 Å². The summed E-state index contributed by atoms with van der Waals surface area (Å²) in [6, 6.07) is 5.37. The minimum absolute atomic E-state index is 0.169. The van der Waals surface area contributed by atoms with Gasteiger partial charge in [-0.15, -0.1) is 0 Å². The van der Waals surface area contributed by atoms with E-state index < -0.39 is 5.82 Å². The standard InChI is InChI=1S/C13H11FN2O2/c14-11-6-5-10(7-9(11)8-15)16-12(17)3-1-2-4-13(16)18/h5-7H,1-4H2. The van der Waals surface area contributed by atoms with E-state index in [1.807, 2.05) is 0 Å². The molecule has 0 bridgehead atoms. The van der Waals surface area contributed by atoms with Crippen molar-refractivity contribution in [2.45, 2.75) is 25.7 Å². The van der Waals surface area contributed by atoms with E-state index in [2.05, 4.69) is 0 Å². The normalized spacial score (nSPS) is 16.3. The lowest BCUT2D eigenvalue weighted by Gasteiger charge is -2.18. The van der Waals surface area contributed by atoms with E-state index in [1.165, 1.54) is 12.1 Å². The van der Waals surface area contributed by atoms with Crippen LogP contribution in [0.5, 0.6) is 0 Å². The monoisotopic (exact) mass is 246 g/mol. The van der Waals surface area contributed by atoms with Crippen LogP contribution in [0.25, 0.3) is 0 Å². The molecule has 1 saturated heterocycles. The van der Waals surface area contributed by atoms with Gasteiger partial charge in [0.15, 0.2) is 0 Å². The van der Waals surface area contributed by atoms with E-state index in [1.54, 1.807) is 6.07 Å². The van der Waals surface area contributed by atoms with E-state index in [4.69, 9.17) is 5.26 Å². The maximum atomic E-state index is 13.2. The molecule has 0 aliphatic carbocycles. The van der Waals surface area contributed by atoms with Gasteiger partial charge in [0.2, 0.25) is 11.8 Å². The molecule has 2 amide bonds. The Morgan fingerprint density at radius 1 is 1.17 bits per heavy atom. The molecular weight excluding hydrogens is 235 g/mol. The Balaban J connectivity index is 2.43. The van der Waals surface area contributed by atoms with Crippen LogP contribution in [-0.2, 0) is 9.59 Å². The fourth-order valence-electron chi connectivity index (χ4n) is 1.94. The van der Waals surface area contributed by atoms with Crippen LogP contribution in [0.4, 0.5) is 10.1 Å². The zero-order chi connectivity index (χ0) is 13.1. The van der Waals surface area contributed by atoms with Gasteiger partial charge in [-0.2, -0.15) is 5.26 Å². The number of hydrogen-bond donors (Lipinski definition) is 0. The molecule has 92 valence electrons. The van der Waals surface area contributed by atoms with Crippen LogP contribution < -0.4 is 4.90 Å². The summed E-state index contributed by atoms with van der Waals surface area (Å²) >= 11 is 0. The number of amides is 2. The third-order valence-corrected chi connectivity index (χ3v) is 2.86. The van der Waals surface area contributed by atoms with Crippen molar-refractivity contribution in [1.82, 2.24) is 0 Å². The van der Waals surface area contributed by atoms with Crippen LogP contribution in [-0.4, -0.2) is 11.8 Å². The first-order chi connectivity index (χ1) is 8.63. The number of rotatable bonds is 1. The van der Waals surface area contributed by atoms with Crippen LogP contribution in [0.2, 0.25) is 0 Å². The van der Waals surface area contributed by atoms with Gasteiger partial charge < -0.3 is 0 Å². The lowest BCUT2D eigenvalue weighted by atomic mass is 10.2. The maximum absolute atomic E-state index is 13.2. The first-order valence-electron chi connectivity index (χ1n) is 5.69. The van der Waals surface area contributed by atoms with E-state index in [0.717, 1.165) is 11.0 Å². The molecule has 1 heterocycles. The van der Waals surface area contributed by atoms with Crippen molar-refractivity contribution in [3.05, 3.63) is 29.6 Å². The molecule has 18 heavy (non-hydrogen) atoms. The summed E-state index contributed by atoms with van der Waals surface area (Å²) in [5.74, 6) is -1.25. The van der Waals surface area contributed by atoms with Crippen LogP contribution in [0, 0.1) is 17.1 Å². The summed E-state index contributed by atoms with van der Waals surface area (Å²) < 4.78 is 13.2. The van der Waals surface area contributed by atoms with Crippen molar-refractivity contribution in [3.63, 3.8) is 0 Å². The highest BCUT2D eigenvalue weighted by Crippen LogP contribution is 2.23. The smallest absolute Gasteiger partial charge is 0.233 e. The Morgan fingerprint density at radius 3 is 2.33 bits per heavy atom. The van der Waals surface area contributed by atoms with E-state index in [0.29, 0.717) is 25.7 Å². The number of carbonyl (C=O) groups excluding carboxylic acids is 2. The van der Waals surface area contributed by atoms with Crippen LogP contribution in [0.3, 0.4) is 0 Å². The van der Waals surface area contributed by atoms with Crippen molar-refractivity contribution in [2.24, 2.45) is 0 Å². The highest BCUT2D eigenvalue weighted by Gasteiger charge is 2.26. The molecule has 1 aromatic rings. The summed E-state index contributed by atoms with van der Waals surface area (Å²) in [7, 11) is 0. The third kappa shape index (κ3) is 2.23. The zero-order valence-electron chi connectivity index (χ0n) is 9.65. The number of benzene rings is 1. The molecule has 1 fully saturated rings. The fourth-order valence-corrected chi connectivity index (χ4v) is 1.94. The molecule has 0 aromatic heterocycles. The number of carbonyl (C=O) groups is 2. The van der Waals surface area contributed by atoms with E-state index in [-0.39, 0.29) is 23.1 Å². The lowest BCUT2D eigenvalue weighted by molar-refractivity contribution is -0.125. The summed E-state index contributed by atoms with van der Waals surface area (Å²) in [6.45, 7) is 0. The molecule has 0 unspecified atom stereocenters. The Hall–Kier alpha value is -2.22. The molecule has 1 aliphatic rings. The van der Waals surface area contributed by atoms with Gasteiger partial charge in [-0.3, -0.25) is 14.5 Å². The van der Waals surface area contributed by atoms with Crippen LogP contribution in [0.15, 0.2) is 18.2 Å². The Bertz CT molecular complexity index is 530. The second kappa shape index (κ2) is 4.96. The minimum Gasteiger partial charge on any atom is -0.274 e. The second-order valence-corrected chi connectivity index (χ2v) is 4.11. The highest BCUT2D eigenvalue weighted by molar-refractivity contribution is 6.15. The van der Waals surface area contributed by atoms with Gasteiger partial charge in [0.1, 0.15) is 11.9 Å². The predicted octanol–water partition coefficient (Wildman–Crippen LogP) is 2.13. The molecule has 0 spiro atoms. The number of anilines is 1. The molecule has 4 nitrogen and oxygen atoms in total. The molecule has 0 radical (unpaired) electrons. The molecule has 0 N–H and O–H groups in total. The minimum atomic E-state index is -0.657. The topological polar surface area (TPSA) is 61.2 Å². The van der Waals surface area contributed by atoms with Gasteiger partial charge in [0.05, 0.1) is 11.3 Å². The van der Waals surface area contributed by atoms with Gasteiger partial charge in [-0.1, -0.05) is 0 Å². The molecule has 2 rings (SSSR count). The molecule has 0 atom stereocenters. The SMILES string of the molecule is N#Cc1cc(N2C(=O)CCCCC2=O)ccc1F. The number of nitriles is 1. The summed E-state index contributed by atoms with van der Waals surface area (Å²) in [6.07, 6.45) is 1.94. The fraction of sp³-hybridized carbons (Fsp3) is 0.308. The Kier molecular flexibility index (Phi) is 3.38. The first-order valence-corrected chi connectivity index (χ1v) is 5.69. The number of halogens is 1. The van der Waals surface area contributed by atoms with Gasteiger partial charge in [-0.25, -0.2) is 4.39 Å². The zero-order valence-corrected chi connectivity index (χ0v) is 9.65. The van der Waals surface area contributed by atoms with Crippen molar-refractivity contribution >= 4 is 17.5 Å². The lowest BCUT2D eigenvalue weighted by Crippen LogP contribution is -2.35. The third-order valence-electron chi connectivity index (χ3n) is 2.86. The van der Waals surface area contributed by atoms with Crippen LogP contribution in [0.1, 0.15) is 31.2 Å². The highest BCUT2D eigenvalue weighted by atomic mass is 19.1. The second-order valence-electron chi connectivity index (χ2n) is 4.11. The summed E-state index contributed by atoms with van der Waals surface area (Å²) in [5, 5.41) is 8.75. The average Bonchev–Trinajstić information content (AvgIpc) is 2.52. The van der Waals surface area contributed by atoms with Crippen molar-refractivity contribution in [2.75, 3.05) is 4.90 Å². The van der Waals surface area contributed by atoms with Gasteiger partial charge in [0.25, 0.3) is 0 Å². The van der Waals surface area contributed by atoms with Gasteiger partial charge in [-0.05, 0) is 31.0 Å². The largest absolute Gasteiger partial charge is 0.274 e. The maximum Gasteiger partial charge on any atom is 0.233 e. The Morgan fingerprint density at radius 2 is 1.78 bits per heavy atom. The molecule has 1 aromatic carbocycles. The molecule has 5 heteroatoms. The van der Waals surface area contributed by atoms with E-state index >= 15 is 0 Å². The van der Waals surface area contributed by atoms with Gasteiger partial charge >= 0.3 is 0 Å². The molecular formula is C13H11FN2O2. The van der Waals surface area contributed by atoms with Crippen molar-refractivity contribution < 1.29 is 14.0 Å². The van der Waals surface area contributed by atoms with Crippen molar-refractivity contribution in [3.8, 4) is 6.07 Å². The Labute approximate surface area is 104 Å². The van der Waals surface area contributed by atoms with Crippen molar-refractivity contribution in [1.29, 1.82) is 5.26 Å². The summed E-state index contributed by atoms with van der Waals surface area (Å²) in [4.78, 5) is 24.7. The molecule has 0 saturated carbocycles. The first kappa shape index (κ1) is 12.2. The summed E-state index contributed by atoms with van der Waals surface area (Å²) in [5.41, 5.74) is 0.0993. The number of imide groups is 1. The van der Waals surface area contributed by atoms with Crippen LogP contribution >= 0.6 is 0 Å². The van der Waals surface area contributed by atoms with E-state index in [9.17, 15) is 14.0 Å². The number of hydrogen-bond acceptors (Lipinski definition) is 3. The molecule has 1 aliphatic heterocycles.